The van der Waals surface area contributed by atoms with Gasteiger partial charge in [0.15, 0.2) is 0 Å². The van der Waals surface area contributed by atoms with Gasteiger partial charge in [-0.3, -0.25) is 4.72 Å². The van der Waals surface area contributed by atoms with E-state index in [-0.39, 0.29) is 20.6 Å². The quantitative estimate of drug-likeness (QED) is 0.879. The zero-order valence-corrected chi connectivity index (χ0v) is 14.1. The first kappa shape index (κ1) is 16.7. The van der Waals surface area contributed by atoms with Crippen molar-refractivity contribution < 1.29 is 17.9 Å². The predicted octanol–water partition coefficient (Wildman–Crippen LogP) is 3.81. The summed E-state index contributed by atoms with van der Waals surface area (Å²) in [5.41, 5.74) is 0.284. The minimum atomic E-state index is -3.89. The number of hydrogen-bond donors (Lipinski definition) is 1. The molecule has 0 unspecified atom stereocenters. The molecule has 0 aromatic heterocycles. The van der Waals surface area contributed by atoms with Crippen molar-refractivity contribution in [2.75, 3.05) is 18.9 Å². The van der Waals surface area contributed by atoms with E-state index in [0.717, 1.165) is 0 Å². The fourth-order valence-corrected chi connectivity index (χ4v) is 3.56. The summed E-state index contributed by atoms with van der Waals surface area (Å²) < 4.78 is 37.5. The molecule has 0 atom stereocenters. The largest absolute Gasteiger partial charge is 0.497 e. The van der Waals surface area contributed by atoms with Crippen LogP contribution in [0.5, 0.6) is 11.5 Å². The number of rotatable bonds is 5. The van der Waals surface area contributed by atoms with Gasteiger partial charge in [0, 0.05) is 23.2 Å². The van der Waals surface area contributed by atoms with E-state index in [1.165, 1.54) is 44.6 Å². The van der Waals surface area contributed by atoms with Crippen LogP contribution in [0.15, 0.2) is 41.3 Å². The first-order valence-corrected chi connectivity index (χ1v) is 8.30. The van der Waals surface area contributed by atoms with Crippen LogP contribution in [0, 0.1) is 0 Å². The van der Waals surface area contributed by atoms with E-state index in [1.807, 2.05) is 0 Å². The van der Waals surface area contributed by atoms with Crippen molar-refractivity contribution in [2.45, 2.75) is 4.90 Å². The van der Waals surface area contributed by atoms with Crippen LogP contribution in [0.4, 0.5) is 5.69 Å². The maximum absolute atomic E-state index is 12.4. The number of hydrogen-bond acceptors (Lipinski definition) is 4. The maximum atomic E-state index is 12.4. The van der Waals surface area contributed by atoms with Crippen molar-refractivity contribution in [3.05, 3.63) is 46.4 Å². The third-order valence-electron chi connectivity index (χ3n) is 2.79. The van der Waals surface area contributed by atoms with E-state index in [4.69, 9.17) is 32.7 Å². The highest BCUT2D eigenvalue weighted by Crippen LogP contribution is 2.30. The topological polar surface area (TPSA) is 64.6 Å². The molecule has 2 aromatic carbocycles. The minimum Gasteiger partial charge on any atom is -0.497 e. The molecule has 8 heteroatoms. The molecule has 2 rings (SSSR count). The molecule has 5 nitrogen and oxygen atoms in total. The molecule has 0 heterocycles. The Balaban J connectivity index is 2.42. The first-order chi connectivity index (χ1) is 10.4. The highest BCUT2D eigenvalue weighted by atomic mass is 35.5. The van der Waals surface area contributed by atoms with Crippen LogP contribution >= 0.6 is 23.2 Å². The summed E-state index contributed by atoms with van der Waals surface area (Å²) in [4.78, 5) is -0.108. The number of ether oxygens (including phenoxy) is 2. The SMILES string of the molecule is COc1cc(NS(=O)(=O)c2cc(Cl)ccc2Cl)cc(OC)c1. The second-order valence-electron chi connectivity index (χ2n) is 4.28. The van der Waals surface area contributed by atoms with Crippen molar-refractivity contribution >= 4 is 38.9 Å². The van der Waals surface area contributed by atoms with Gasteiger partial charge in [0.25, 0.3) is 10.0 Å². The Morgan fingerprint density at radius 1 is 0.955 bits per heavy atom. The molecule has 118 valence electrons. The average molecular weight is 362 g/mol. The second-order valence-corrected chi connectivity index (χ2v) is 6.78. The van der Waals surface area contributed by atoms with Crippen LogP contribution in [-0.4, -0.2) is 22.6 Å². The van der Waals surface area contributed by atoms with Gasteiger partial charge in [0.05, 0.1) is 24.9 Å². The van der Waals surface area contributed by atoms with Crippen LogP contribution in [0.3, 0.4) is 0 Å². The van der Waals surface area contributed by atoms with E-state index in [9.17, 15) is 8.42 Å². The molecule has 0 bridgehead atoms. The van der Waals surface area contributed by atoms with E-state index in [2.05, 4.69) is 4.72 Å². The Morgan fingerprint density at radius 3 is 2.09 bits per heavy atom. The highest BCUT2D eigenvalue weighted by Gasteiger charge is 2.19. The molecular weight excluding hydrogens is 349 g/mol. The standard InChI is InChI=1S/C14H13Cl2NO4S/c1-20-11-6-10(7-12(8-11)21-2)17-22(18,19)14-5-9(15)3-4-13(14)16/h3-8,17H,1-2H3. The summed E-state index contributed by atoms with van der Waals surface area (Å²) in [5.74, 6) is 0.906. The molecule has 2 aromatic rings. The van der Waals surface area contributed by atoms with E-state index in [0.29, 0.717) is 11.5 Å². The van der Waals surface area contributed by atoms with Gasteiger partial charge in [-0.05, 0) is 18.2 Å². The molecule has 0 fully saturated rings. The van der Waals surface area contributed by atoms with Gasteiger partial charge >= 0.3 is 0 Å². The Labute approximate surface area is 138 Å². The van der Waals surface area contributed by atoms with Gasteiger partial charge in [-0.15, -0.1) is 0 Å². The molecule has 0 amide bonds. The summed E-state index contributed by atoms with van der Waals surface area (Å²) in [6.07, 6.45) is 0. The molecule has 0 radical (unpaired) electrons. The smallest absolute Gasteiger partial charge is 0.263 e. The Hall–Kier alpha value is -1.63. The molecule has 0 aliphatic rings. The third-order valence-corrected chi connectivity index (χ3v) is 4.88. The van der Waals surface area contributed by atoms with Crippen molar-refractivity contribution in [1.82, 2.24) is 0 Å². The first-order valence-electron chi connectivity index (χ1n) is 6.06. The lowest BCUT2D eigenvalue weighted by molar-refractivity contribution is 0.395. The van der Waals surface area contributed by atoms with Crippen LogP contribution in [0.2, 0.25) is 10.0 Å². The van der Waals surface area contributed by atoms with Gasteiger partial charge in [0.2, 0.25) is 0 Å². The van der Waals surface area contributed by atoms with Gasteiger partial charge in [-0.2, -0.15) is 0 Å². The summed E-state index contributed by atoms with van der Waals surface area (Å²) in [6, 6.07) is 8.90. The fourth-order valence-electron chi connectivity index (χ4n) is 1.76. The van der Waals surface area contributed by atoms with Gasteiger partial charge in [-0.1, -0.05) is 23.2 Å². The number of methoxy groups -OCH3 is 2. The maximum Gasteiger partial charge on any atom is 0.263 e. The summed E-state index contributed by atoms with van der Waals surface area (Å²) in [5, 5.41) is 0.347. The van der Waals surface area contributed by atoms with Crippen molar-refractivity contribution in [2.24, 2.45) is 0 Å². The van der Waals surface area contributed by atoms with Gasteiger partial charge in [-0.25, -0.2) is 8.42 Å². The van der Waals surface area contributed by atoms with Crippen LogP contribution in [0.25, 0.3) is 0 Å². The third kappa shape index (κ3) is 3.76. The van der Waals surface area contributed by atoms with Crippen LogP contribution in [-0.2, 0) is 10.0 Å². The van der Waals surface area contributed by atoms with Crippen molar-refractivity contribution in [3.63, 3.8) is 0 Å². The summed E-state index contributed by atoms with van der Waals surface area (Å²) >= 11 is 11.8. The fraction of sp³-hybridized carbons (Fsp3) is 0.143. The normalized spacial score (nSPS) is 11.1. The zero-order valence-electron chi connectivity index (χ0n) is 11.8. The predicted molar refractivity (Wildman–Crippen MR) is 86.8 cm³/mol. The highest BCUT2D eigenvalue weighted by molar-refractivity contribution is 7.92. The summed E-state index contributed by atoms with van der Waals surface area (Å²) in [7, 11) is -0.948. The minimum absolute atomic E-state index is 0.0757. The molecular formula is C14H13Cl2NO4S. The zero-order chi connectivity index (χ0) is 16.3. The molecule has 0 aliphatic carbocycles. The molecule has 22 heavy (non-hydrogen) atoms. The number of sulfonamides is 1. The Kier molecular flexibility index (Phi) is 5.05. The van der Waals surface area contributed by atoms with Crippen molar-refractivity contribution in [3.8, 4) is 11.5 Å². The Morgan fingerprint density at radius 2 is 1.55 bits per heavy atom. The molecule has 0 saturated carbocycles. The average Bonchev–Trinajstić information content (AvgIpc) is 2.48. The number of nitrogens with one attached hydrogen (secondary N) is 1. The van der Waals surface area contributed by atoms with E-state index < -0.39 is 10.0 Å². The molecule has 0 aliphatic heterocycles. The van der Waals surface area contributed by atoms with Gasteiger partial charge < -0.3 is 9.47 Å². The lowest BCUT2D eigenvalue weighted by Crippen LogP contribution is -2.13. The summed E-state index contributed by atoms with van der Waals surface area (Å²) in [6.45, 7) is 0. The monoisotopic (exact) mass is 361 g/mol. The number of halogens is 2. The second kappa shape index (κ2) is 6.64. The molecule has 0 saturated heterocycles. The van der Waals surface area contributed by atoms with Crippen LogP contribution < -0.4 is 14.2 Å². The Bertz CT molecular complexity index is 771. The van der Waals surface area contributed by atoms with Crippen LogP contribution in [0.1, 0.15) is 0 Å². The van der Waals surface area contributed by atoms with E-state index in [1.54, 1.807) is 6.07 Å². The lowest BCUT2D eigenvalue weighted by atomic mass is 10.3. The molecule has 1 N–H and O–H groups in total. The van der Waals surface area contributed by atoms with Crippen molar-refractivity contribution in [1.29, 1.82) is 0 Å². The number of anilines is 1. The number of benzene rings is 2. The van der Waals surface area contributed by atoms with E-state index >= 15 is 0 Å². The lowest BCUT2D eigenvalue weighted by Gasteiger charge is -2.12. The molecule has 0 spiro atoms. The van der Waals surface area contributed by atoms with Gasteiger partial charge in [0.1, 0.15) is 16.4 Å².